The van der Waals surface area contributed by atoms with Crippen LogP contribution in [0.1, 0.15) is 34.4 Å². The smallest absolute Gasteiger partial charge is 0.295 e. The average molecular weight is 916 g/mol. The molecule has 9 rings (SSSR count). The van der Waals surface area contributed by atoms with E-state index in [9.17, 15) is 16.8 Å². The summed E-state index contributed by atoms with van der Waals surface area (Å²) in [6, 6.07) is 42.2. The fraction of sp³-hybridized carbons (Fsp3) is 0.250. The molecule has 0 aliphatic carbocycles. The Hall–Kier alpha value is -4.76. The third kappa shape index (κ3) is 10.9. The van der Waals surface area contributed by atoms with E-state index in [1.54, 1.807) is 0 Å². The lowest BCUT2D eigenvalue weighted by Gasteiger charge is -2.27. The van der Waals surface area contributed by atoms with Crippen molar-refractivity contribution in [1.82, 2.24) is 14.4 Å². The van der Waals surface area contributed by atoms with Crippen LogP contribution < -0.4 is 4.90 Å². The van der Waals surface area contributed by atoms with Crippen molar-refractivity contribution in [3.8, 4) is 0 Å². The van der Waals surface area contributed by atoms with E-state index < -0.39 is 30.0 Å². The molecule has 0 unspecified atom stereocenters. The third-order valence-electron chi connectivity index (χ3n) is 11.2. The minimum Gasteiger partial charge on any atom is -0.341 e. The van der Waals surface area contributed by atoms with Gasteiger partial charge in [0.1, 0.15) is 9.79 Å². The van der Waals surface area contributed by atoms with Gasteiger partial charge in [-0.05, 0) is 106 Å². The first-order chi connectivity index (χ1) is 29.2. The van der Waals surface area contributed by atoms with Crippen LogP contribution in [0, 0.1) is 0 Å². The quantitative estimate of drug-likeness (QED) is 0.144. The first kappa shape index (κ1) is 46.7. The third-order valence-corrected chi connectivity index (χ3v) is 13.3. The lowest BCUT2D eigenvalue weighted by Crippen LogP contribution is -2.27. The van der Waals surface area contributed by atoms with Gasteiger partial charge in [0.2, 0.25) is 0 Å². The van der Waals surface area contributed by atoms with E-state index in [-0.39, 0.29) is 23.2 Å². The number of rotatable bonds is 8. The van der Waals surface area contributed by atoms with Gasteiger partial charge in [-0.25, -0.2) is 0 Å². The summed E-state index contributed by atoms with van der Waals surface area (Å²) in [5.41, 5.74) is 11.2. The molecule has 1 aromatic heterocycles. The fourth-order valence-corrected chi connectivity index (χ4v) is 9.93. The summed E-state index contributed by atoms with van der Waals surface area (Å²) in [4.78, 5) is 6.29. The molecule has 2 N–H and O–H groups in total. The van der Waals surface area contributed by atoms with Crippen molar-refractivity contribution < 1.29 is 25.9 Å². The largest absolute Gasteiger partial charge is 0.341 e. The van der Waals surface area contributed by atoms with Gasteiger partial charge < -0.3 is 19.3 Å². The van der Waals surface area contributed by atoms with Gasteiger partial charge in [0.15, 0.2) is 0 Å². The number of aromatic nitrogens is 1. The summed E-state index contributed by atoms with van der Waals surface area (Å²) in [5.74, 6) is 0. The van der Waals surface area contributed by atoms with Crippen LogP contribution in [0.2, 0.25) is 5.02 Å². The summed E-state index contributed by atoms with van der Waals surface area (Å²) in [5, 5.41) is 2.29. The molecular formula is C48H52Cl2N4O6S2. The lowest BCUT2D eigenvalue weighted by molar-refractivity contribution is 0.310. The fourth-order valence-electron chi connectivity index (χ4n) is 8.36. The Morgan fingerprint density at radius 2 is 1.24 bits per heavy atom. The predicted octanol–water partition coefficient (Wildman–Crippen LogP) is 9.96. The Balaban J connectivity index is 0.000000155. The SMILES string of the molecule is CN(C)CCCN1c2ccccc2CCc2ccc(Cl)cc21.CN1CCc2c(c3ccccc3n2Cc2ccccc2)C1.Cl.O=S(=O)(O)c1cccc2c(S(=O)(=O)O)cccc12. The maximum atomic E-state index is 11.2. The molecule has 0 fully saturated rings. The zero-order valence-corrected chi connectivity index (χ0v) is 38.2. The van der Waals surface area contributed by atoms with Crippen molar-refractivity contribution in [3.63, 3.8) is 0 Å². The lowest BCUT2D eigenvalue weighted by atomic mass is 10.0. The molecule has 2 aliphatic rings. The van der Waals surface area contributed by atoms with E-state index >= 15 is 0 Å². The molecule has 3 heterocycles. The van der Waals surface area contributed by atoms with E-state index in [1.165, 1.54) is 74.5 Å². The van der Waals surface area contributed by atoms with Crippen molar-refractivity contribution >= 4 is 77.3 Å². The van der Waals surface area contributed by atoms with Crippen LogP contribution in [0.25, 0.3) is 21.7 Å². The van der Waals surface area contributed by atoms with E-state index in [0.717, 1.165) is 75.6 Å². The Morgan fingerprint density at radius 1 is 0.661 bits per heavy atom. The van der Waals surface area contributed by atoms with Crippen molar-refractivity contribution in [3.05, 3.63) is 166 Å². The number of para-hydroxylation sites is 2. The molecule has 62 heavy (non-hydrogen) atoms. The van der Waals surface area contributed by atoms with Gasteiger partial charge in [0, 0.05) is 76.4 Å². The minimum atomic E-state index is -4.47. The number of aryl methyl sites for hydroxylation is 2. The molecule has 0 amide bonds. The highest BCUT2D eigenvalue weighted by atomic mass is 35.5. The van der Waals surface area contributed by atoms with Crippen LogP contribution in [0.3, 0.4) is 0 Å². The molecule has 2 aliphatic heterocycles. The topological polar surface area (TPSA) is 123 Å². The number of halogens is 2. The number of benzene rings is 6. The molecule has 0 radical (unpaired) electrons. The molecule has 326 valence electrons. The van der Waals surface area contributed by atoms with Crippen LogP contribution in [-0.4, -0.2) is 81.1 Å². The normalized spacial score (nSPS) is 13.8. The zero-order chi connectivity index (χ0) is 43.3. The van der Waals surface area contributed by atoms with Crippen molar-refractivity contribution in [1.29, 1.82) is 0 Å². The molecule has 14 heteroatoms. The molecule has 0 spiro atoms. The molecule has 0 saturated carbocycles. The van der Waals surface area contributed by atoms with Crippen LogP contribution in [0.5, 0.6) is 0 Å². The highest BCUT2D eigenvalue weighted by Crippen LogP contribution is 2.38. The maximum absolute atomic E-state index is 11.2. The van der Waals surface area contributed by atoms with E-state index in [4.69, 9.17) is 20.7 Å². The summed E-state index contributed by atoms with van der Waals surface area (Å²) in [7, 11) is -2.47. The van der Waals surface area contributed by atoms with Crippen molar-refractivity contribution in [2.75, 3.05) is 45.7 Å². The Labute approximate surface area is 376 Å². The molecule has 7 aromatic rings. The summed E-state index contributed by atoms with van der Waals surface area (Å²) < 4.78 is 65.2. The molecule has 6 aromatic carbocycles. The van der Waals surface area contributed by atoms with Gasteiger partial charge in [0.25, 0.3) is 20.2 Å². The van der Waals surface area contributed by atoms with Gasteiger partial charge in [-0.15, -0.1) is 12.4 Å². The monoisotopic (exact) mass is 914 g/mol. The van der Waals surface area contributed by atoms with Crippen molar-refractivity contribution in [2.24, 2.45) is 0 Å². The Bertz CT molecular complexity index is 2820. The molecular weight excluding hydrogens is 864 g/mol. The summed E-state index contributed by atoms with van der Waals surface area (Å²) >= 11 is 6.27. The van der Waals surface area contributed by atoms with Gasteiger partial charge >= 0.3 is 0 Å². The minimum absolute atomic E-state index is 0. The van der Waals surface area contributed by atoms with E-state index in [0.29, 0.717) is 0 Å². The number of anilines is 2. The van der Waals surface area contributed by atoms with Crippen LogP contribution in [0.15, 0.2) is 143 Å². The number of hydrogen-bond donors (Lipinski definition) is 2. The molecule has 0 atom stereocenters. The van der Waals surface area contributed by atoms with Gasteiger partial charge in [0.05, 0.1) is 0 Å². The second kappa shape index (κ2) is 20.2. The standard InChI is InChI=1S/C19H23ClN2.C19H20N2.C10H8O6S2.ClH/c1-21(2)12-5-13-22-18-7-4-3-6-15(18)8-9-16-10-11-17(20)14-19(16)22;1-20-12-11-19-17(14-20)16-9-5-6-10-18(16)21(19)13-15-7-3-2-4-8-15;11-17(12,13)9-5-1-3-7-8(9)4-2-6-10(7)18(14,15)16;/h3-4,6-7,10-11,14H,5,8-9,12-13H2,1-2H3;2-10H,11-14H2,1H3;1-6H,(H,11,12,13)(H,14,15,16);1H. The highest BCUT2D eigenvalue weighted by Gasteiger charge is 2.23. The second-order valence-electron chi connectivity index (χ2n) is 15.8. The zero-order valence-electron chi connectivity index (χ0n) is 35.0. The number of fused-ring (bicyclic) bond motifs is 6. The van der Waals surface area contributed by atoms with Crippen LogP contribution in [-0.2, 0) is 52.6 Å². The Morgan fingerprint density at radius 3 is 1.89 bits per heavy atom. The molecule has 0 saturated heterocycles. The number of likely N-dealkylation sites (N-methyl/N-ethyl adjacent to an activating group) is 1. The first-order valence-electron chi connectivity index (χ1n) is 20.3. The van der Waals surface area contributed by atoms with Crippen LogP contribution >= 0.6 is 24.0 Å². The summed E-state index contributed by atoms with van der Waals surface area (Å²) in [6.45, 7) is 5.30. The number of hydrogen-bond acceptors (Lipinski definition) is 7. The molecule has 10 nitrogen and oxygen atoms in total. The number of nitrogens with zero attached hydrogens (tertiary/aromatic N) is 4. The van der Waals surface area contributed by atoms with Gasteiger partial charge in [-0.2, -0.15) is 16.8 Å². The second-order valence-corrected chi connectivity index (χ2v) is 19.0. The predicted molar refractivity (Wildman–Crippen MR) is 254 cm³/mol. The van der Waals surface area contributed by atoms with Crippen molar-refractivity contribution in [2.45, 2.75) is 48.6 Å². The van der Waals surface area contributed by atoms with Gasteiger partial charge in [-0.1, -0.05) is 109 Å². The maximum Gasteiger partial charge on any atom is 0.295 e. The van der Waals surface area contributed by atoms with Gasteiger partial charge in [-0.3, -0.25) is 9.11 Å². The highest BCUT2D eigenvalue weighted by molar-refractivity contribution is 7.86. The summed E-state index contributed by atoms with van der Waals surface area (Å²) in [6.07, 6.45) is 4.45. The molecule has 0 bridgehead atoms. The van der Waals surface area contributed by atoms with Crippen LogP contribution in [0.4, 0.5) is 11.4 Å². The van der Waals surface area contributed by atoms with E-state index in [2.05, 4.69) is 131 Å². The Kier molecular flexibility index (Phi) is 15.2. The van der Waals surface area contributed by atoms with E-state index in [1.807, 2.05) is 6.07 Å². The first-order valence-corrected chi connectivity index (χ1v) is 23.5. The average Bonchev–Trinajstić information content (AvgIpc) is 3.44.